The summed E-state index contributed by atoms with van der Waals surface area (Å²) in [5.74, 6) is 1.02. The Balaban J connectivity index is 2.37. The largest absolute Gasteiger partial charge is 0.497 e. The second kappa shape index (κ2) is 10.1. The second-order valence-corrected chi connectivity index (χ2v) is 9.39. The molecule has 6 nitrogen and oxygen atoms in total. The Morgan fingerprint density at radius 2 is 1.90 bits per heavy atom. The van der Waals surface area contributed by atoms with Gasteiger partial charge in [0, 0.05) is 18.1 Å². The molecule has 0 radical (unpaired) electrons. The highest BCUT2D eigenvalue weighted by Gasteiger charge is 2.35. The molecule has 1 aromatic carbocycles. The van der Waals surface area contributed by atoms with Gasteiger partial charge in [-0.3, -0.25) is 4.90 Å². The van der Waals surface area contributed by atoms with Crippen molar-refractivity contribution in [2.75, 3.05) is 7.11 Å². The Hall–Kier alpha value is -2.12. The van der Waals surface area contributed by atoms with E-state index < -0.39 is 23.8 Å². The predicted molar refractivity (Wildman–Crippen MR) is 115 cm³/mol. The lowest BCUT2D eigenvalue weighted by atomic mass is 9.97. The normalized spacial score (nSPS) is 13.8. The molecular formula is C22H32N2O4S. The Morgan fingerprint density at radius 1 is 1.24 bits per heavy atom. The van der Waals surface area contributed by atoms with Gasteiger partial charge in [0.1, 0.15) is 22.5 Å². The molecule has 0 fully saturated rings. The Labute approximate surface area is 177 Å². The summed E-state index contributed by atoms with van der Waals surface area (Å²) in [5, 5.41) is 13.5. The summed E-state index contributed by atoms with van der Waals surface area (Å²) in [5.41, 5.74) is 0.292. The monoisotopic (exact) mass is 420 g/mol. The van der Waals surface area contributed by atoms with Gasteiger partial charge in [0.25, 0.3) is 0 Å². The summed E-state index contributed by atoms with van der Waals surface area (Å²) in [6, 6.07) is 7.09. The molecule has 1 aromatic heterocycles. The molecule has 0 saturated heterocycles. The number of aliphatic hydroxyl groups is 1. The van der Waals surface area contributed by atoms with E-state index in [1.165, 1.54) is 11.3 Å². The third kappa shape index (κ3) is 7.01. The van der Waals surface area contributed by atoms with Crippen LogP contribution in [0.1, 0.15) is 57.7 Å². The lowest BCUT2D eigenvalue weighted by Gasteiger charge is -2.36. The molecular weight excluding hydrogens is 388 g/mol. The molecule has 160 valence electrons. The fourth-order valence-electron chi connectivity index (χ4n) is 3.02. The van der Waals surface area contributed by atoms with Gasteiger partial charge in [-0.15, -0.1) is 11.3 Å². The van der Waals surface area contributed by atoms with E-state index in [2.05, 4.69) is 18.8 Å². The van der Waals surface area contributed by atoms with Crippen LogP contribution in [0, 0.1) is 5.92 Å². The first kappa shape index (κ1) is 23.2. The van der Waals surface area contributed by atoms with Crippen molar-refractivity contribution in [3.8, 4) is 5.75 Å². The molecule has 2 aromatic rings. The van der Waals surface area contributed by atoms with Crippen LogP contribution in [0.15, 0.2) is 35.8 Å². The van der Waals surface area contributed by atoms with Gasteiger partial charge < -0.3 is 14.6 Å². The zero-order valence-electron chi connectivity index (χ0n) is 18.1. The number of carbonyl (C=O) groups is 1. The van der Waals surface area contributed by atoms with Gasteiger partial charge in [-0.25, -0.2) is 9.78 Å². The van der Waals surface area contributed by atoms with Crippen LogP contribution < -0.4 is 4.74 Å². The lowest BCUT2D eigenvalue weighted by molar-refractivity contribution is -0.0139. The van der Waals surface area contributed by atoms with Crippen LogP contribution >= 0.6 is 11.3 Å². The molecule has 1 amide bonds. The Morgan fingerprint density at radius 3 is 2.38 bits per heavy atom. The van der Waals surface area contributed by atoms with Gasteiger partial charge in [-0.05, 0) is 50.8 Å². The van der Waals surface area contributed by atoms with Crippen molar-refractivity contribution in [2.24, 2.45) is 5.92 Å². The highest BCUT2D eigenvalue weighted by atomic mass is 32.1. The molecule has 0 unspecified atom stereocenters. The summed E-state index contributed by atoms with van der Waals surface area (Å²) in [6.07, 6.45) is 0.949. The Kier molecular flexibility index (Phi) is 8.05. The number of methoxy groups -OCH3 is 1. The van der Waals surface area contributed by atoms with Gasteiger partial charge in [0.15, 0.2) is 0 Å². The number of carbonyl (C=O) groups excluding carboxylic acids is 1. The number of aliphatic hydroxyl groups excluding tert-OH is 1. The molecule has 0 bridgehead atoms. The lowest BCUT2D eigenvalue weighted by Crippen LogP contribution is -2.46. The number of rotatable bonds is 8. The molecule has 2 rings (SSSR count). The maximum atomic E-state index is 13.1. The summed E-state index contributed by atoms with van der Waals surface area (Å²) >= 11 is 1.38. The van der Waals surface area contributed by atoms with Crippen molar-refractivity contribution >= 4 is 17.4 Å². The molecule has 0 saturated carbocycles. The second-order valence-electron chi connectivity index (χ2n) is 8.47. The third-order valence-electron chi connectivity index (χ3n) is 4.32. The van der Waals surface area contributed by atoms with E-state index in [4.69, 9.17) is 9.47 Å². The molecule has 1 heterocycles. The minimum absolute atomic E-state index is 0.274. The van der Waals surface area contributed by atoms with Crippen LogP contribution in [0.5, 0.6) is 5.75 Å². The zero-order chi connectivity index (χ0) is 21.6. The van der Waals surface area contributed by atoms with Crippen molar-refractivity contribution < 1.29 is 19.4 Å². The molecule has 2 atom stereocenters. The number of thiazole rings is 1. The van der Waals surface area contributed by atoms with Crippen LogP contribution in [0.2, 0.25) is 0 Å². The number of hydrogen-bond acceptors (Lipinski definition) is 6. The van der Waals surface area contributed by atoms with Crippen LogP contribution in [0.3, 0.4) is 0 Å². The topological polar surface area (TPSA) is 71.9 Å². The van der Waals surface area contributed by atoms with Crippen molar-refractivity contribution in [1.82, 2.24) is 9.88 Å². The van der Waals surface area contributed by atoms with Gasteiger partial charge in [-0.1, -0.05) is 26.0 Å². The predicted octanol–water partition coefficient (Wildman–Crippen LogP) is 5.04. The smallest absolute Gasteiger partial charge is 0.410 e. The zero-order valence-corrected chi connectivity index (χ0v) is 18.9. The van der Waals surface area contributed by atoms with Crippen LogP contribution in [-0.4, -0.2) is 39.8 Å². The van der Waals surface area contributed by atoms with Crippen molar-refractivity contribution in [2.45, 2.75) is 65.3 Å². The van der Waals surface area contributed by atoms with Gasteiger partial charge >= 0.3 is 6.09 Å². The van der Waals surface area contributed by atoms with Gasteiger partial charge in [-0.2, -0.15) is 0 Å². The number of amides is 1. The summed E-state index contributed by atoms with van der Waals surface area (Å²) < 4.78 is 10.9. The number of hydrogen-bond donors (Lipinski definition) is 1. The average Bonchev–Trinajstić information content (AvgIpc) is 3.17. The van der Waals surface area contributed by atoms with E-state index in [1.807, 2.05) is 50.4 Å². The molecule has 29 heavy (non-hydrogen) atoms. The highest BCUT2D eigenvalue weighted by molar-refractivity contribution is 7.09. The minimum atomic E-state index is -0.886. The highest BCUT2D eigenvalue weighted by Crippen LogP contribution is 2.30. The molecule has 0 aliphatic heterocycles. The number of benzene rings is 1. The first-order valence-corrected chi connectivity index (χ1v) is 10.7. The summed E-state index contributed by atoms with van der Waals surface area (Å²) in [7, 11) is 1.62. The van der Waals surface area contributed by atoms with E-state index in [9.17, 15) is 9.90 Å². The fraction of sp³-hybridized carbons (Fsp3) is 0.545. The summed E-state index contributed by atoms with van der Waals surface area (Å²) in [6.45, 7) is 9.98. The first-order chi connectivity index (χ1) is 13.6. The standard InChI is InChI=1S/C22H32N2O4S/c1-15(2)13-18(19(25)20-23-11-12-29-20)24(21(26)28-22(3,4)5)14-16-7-9-17(27-6)10-8-16/h7-12,15,18-19,25H,13-14H2,1-6H3/t18-,19-/m0/s1. The molecule has 0 spiro atoms. The average molecular weight is 421 g/mol. The number of ether oxygens (including phenoxy) is 2. The number of nitrogens with zero attached hydrogens (tertiary/aromatic N) is 2. The van der Waals surface area contributed by atoms with Crippen molar-refractivity contribution in [3.63, 3.8) is 0 Å². The minimum Gasteiger partial charge on any atom is -0.497 e. The van der Waals surface area contributed by atoms with Crippen LogP contribution in [0.25, 0.3) is 0 Å². The maximum Gasteiger partial charge on any atom is 0.410 e. The Bertz CT molecular complexity index is 754. The van der Waals surface area contributed by atoms with Crippen LogP contribution in [0.4, 0.5) is 4.79 Å². The van der Waals surface area contributed by atoms with E-state index in [0.717, 1.165) is 11.3 Å². The summed E-state index contributed by atoms with van der Waals surface area (Å²) in [4.78, 5) is 19.0. The van der Waals surface area contributed by atoms with E-state index >= 15 is 0 Å². The fourth-order valence-corrected chi connectivity index (χ4v) is 3.70. The van der Waals surface area contributed by atoms with E-state index in [-0.39, 0.29) is 5.92 Å². The van der Waals surface area contributed by atoms with Crippen molar-refractivity contribution in [3.05, 3.63) is 46.4 Å². The molecule has 1 N–H and O–H groups in total. The molecule has 7 heteroatoms. The van der Waals surface area contributed by atoms with E-state index in [1.54, 1.807) is 18.2 Å². The quantitative estimate of drug-likeness (QED) is 0.648. The molecule has 0 aliphatic carbocycles. The third-order valence-corrected chi connectivity index (χ3v) is 5.17. The number of aromatic nitrogens is 1. The van der Waals surface area contributed by atoms with Gasteiger partial charge in [0.2, 0.25) is 0 Å². The van der Waals surface area contributed by atoms with Crippen LogP contribution in [-0.2, 0) is 11.3 Å². The maximum absolute atomic E-state index is 13.1. The van der Waals surface area contributed by atoms with Gasteiger partial charge in [0.05, 0.1) is 13.2 Å². The molecule has 0 aliphatic rings. The van der Waals surface area contributed by atoms with E-state index in [0.29, 0.717) is 18.0 Å². The van der Waals surface area contributed by atoms with Crippen molar-refractivity contribution in [1.29, 1.82) is 0 Å². The first-order valence-electron chi connectivity index (χ1n) is 9.80. The SMILES string of the molecule is COc1ccc(CN(C(=O)OC(C)(C)C)[C@@H](CC(C)C)[C@H](O)c2nccs2)cc1.